The molecule has 2 heterocycles. The number of thiophene rings is 1. The lowest BCUT2D eigenvalue weighted by atomic mass is 9.82. The van der Waals surface area contributed by atoms with Gasteiger partial charge in [0, 0.05) is 21.3 Å². The molecule has 0 aliphatic carbocycles. The van der Waals surface area contributed by atoms with Crippen LogP contribution in [0.25, 0.3) is 0 Å². The van der Waals surface area contributed by atoms with Crippen molar-refractivity contribution in [1.29, 1.82) is 0 Å². The Bertz CT molecular complexity index is 409. The zero-order chi connectivity index (χ0) is 14.0. The fourth-order valence-corrected chi connectivity index (χ4v) is 4.84. The van der Waals surface area contributed by atoms with Gasteiger partial charge in [0.05, 0.1) is 12.2 Å². The molecule has 5 atom stereocenters. The SMILES string of the molecule is CCNC(Cc1sccc1Br)C1C(C)OC(C)C1C. The van der Waals surface area contributed by atoms with Gasteiger partial charge in [0.2, 0.25) is 0 Å². The van der Waals surface area contributed by atoms with Gasteiger partial charge in [-0.1, -0.05) is 13.8 Å². The summed E-state index contributed by atoms with van der Waals surface area (Å²) in [5.41, 5.74) is 0. The highest BCUT2D eigenvalue weighted by Gasteiger charge is 2.41. The standard InChI is InChI=1S/C15H24BrNOS/c1-5-17-13(8-14-12(16)6-7-19-14)15-9(2)10(3)18-11(15)4/h6-7,9-11,13,15,17H,5,8H2,1-4H3. The van der Waals surface area contributed by atoms with Crippen LogP contribution in [-0.4, -0.2) is 24.8 Å². The summed E-state index contributed by atoms with van der Waals surface area (Å²) in [4.78, 5) is 1.44. The molecule has 4 heteroatoms. The Morgan fingerprint density at radius 2 is 2.11 bits per heavy atom. The summed E-state index contributed by atoms with van der Waals surface area (Å²) in [7, 11) is 0. The van der Waals surface area contributed by atoms with Crippen LogP contribution in [0.4, 0.5) is 0 Å². The number of rotatable bonds is 5. The molecule has 1 aromatic rings. The molecule has 0 bridgehead atoms. The summed E-state index contributed by atoms with van der Waals surface area (Å²) in [5, 5.41) is 5.83. The molecule has 1 N–H and O–H groups in total. The van der Waals surface area contributed by atoms with Crippen molar-refractivity contribution >= 4 is 27.3 Å². The molecule has 0 saturated carbocycles. The van der Waals surface area contributed by atoms with Crippen LogP contribution < -0.4 is 5.32 Å². The van der Waals surface area contributed by atoms with Gasteiger partial charge in [-0.15, -0.1) is 11.3 Å². The molecule has 5 unspecified atom stereocenters. The zero-order valence-corrected chi connectivity index (χ0v) is 14.6. The maximum Gasteiger partial charge on any atom is 0.0597 e. The smallest absolute Gasteiger partial charge is 0.0597 e. The van der Waals surface area contributed by atoms with E-state index in [1.807, 2.05) is 11.3 Å². The van der Waals surface area contributed by atoms with Gasteiger partial charge in [-0.25, -0.2) is 0 Å². The van der Waals surface area contributed by atoms with Crippen LogP contribution in [0.3, 0.4) is 0 Å². The highest BCUT2D eigenvalue weighted by atomic mass is 79.9. The third-order valence-corrected chi connectivity index (χ3v) is 6.29. The second-order valence-corrected chi connectivity index (χ2v) is 7.40. The van der Waals surface area contributed by atoms with Crippen molar-refractivity contribution in [2.24, 2.45) is 11.8 Å². The number of nitrogens with one attached hydrogen (secondary N) is 1. The number of halogens is 1. The molecular weight excluding hydrogens is 322 g/mol. The number of likely N-dealkylation sites (N-methyl/N-ethyl adjacent to an activating group) is 1. The minimum absolute atomic E-state index is 0.341. The highest BCUT2D eigenvalue weighted by molar-refractivity contribution is 9.10. The molecule has 1 aromatic heterocycles. The molecule has 2 rings (SSSR count). The van der Waals surface area contributed by atoms with Gasteiger partial charge in [0.25, 0.3) is 0 Å². The average Bonchev–Trinajstić information content (AvgIpc) is 2.85. The minimum atomic E-state index is 0.341. The maximum atomic E-state index is 6.01. The van der Waals surface area contributed by atoms with E-state index in [1.54, 1.807) is 0 Å². The van der Waals surface area contributed by atoms with Crippen LogP contribution in [0.5, 0.6) is 0 Å². The van der Waals surface area contributed by atoms with Gasteiger partial charge in [0.15, 0.2) is 0 Å². The number of hydrogen-bond acceptors (Lipinski definition) is 3. The Hall–Kier alpha value is 0.1000. The van der Waals surface area contributed by atoms with Crippen LogP contribution in [0.1, 0.15) is 32.6 Å². The van der Waals surface area contributed by atoms with Crippen molar-refractivity contribution < 1.29 is 4.74 Å². The summed E-state index contributed by atoms with van der Waals surface area (Å²) in [5.74, 6) is 1.20. The summed E-state index contributed by atoms with van der Waals surface area (Å²) in [6, 6.07) is 2.64. The van der Waals surface area contributed by atoms with Crippen LogP contribution in [0, 0.1) is 11.8 Å². The lowest BCUT2D eigenvalue weighted by Gasteiger charge is -2.29. The van der Waals surface area contributed by atoms with Crippen LogP contribution >= 0.6 is 27.3 Å². The van der Waals surface area contributed by atoms with Crippen molar-refractivity contribution in [2.45, 2.75) is 52.4 Å². The summed E-state index contributed by atoms with van der Waals surface area (Å²) < 4.78 is 7.26. The van der Waals surface area contributed by atoms with Gasteiger partial charge in [0.1, 0.15) is 0 Å². The van der Waals surface area contributed by atoms with Crippen molar-refractivity contribution in [3.05, 3.63) is 20.8 Å². The molecular formula is C15H24BrNOS. The summed E-state index contributed by atoms with van der Waals surface area (Å²) >= 11 is 5.49. The van der Waals surface area contributed by atoms with Crippen LogP contribution in [-0.2, 0) is 11.2 Å². The highest BCUT2D eigenvalue weighted by Crippen LogP contribution is 2.36. The van der Waals surface area contributed by atoms with Gasteiger partial charge in [-0.3, -0.25) is 0 Å². The van der Waals surface area contributed by atoms with E-state index in [1.165, 1.54) is 9.35 Å². The molecule has 1 fully saturated rings. The Kier molecular flexibility index (Phi) is 5.46. The molecule has 2 nitrogen and oxygen atoms in total. The lowest BCUT2D eigenvalue weighted by Crippen LogP contribution is -2.43. The molecule has 0 spiro atoms. The topological polar surface area (TPSA) is 21.3 Å². The number of ether oxygens (including phenoxy) is 1. The van der Waals surface area contributed by atoms with Crippen molar-refractivity contribution in [2.75, 3.05) is 6.54 Å². The zero-order valence-electron chi connectivity index (χ0n) is 12.2. The minimum Gasteiger partial charge on any atom is -0.375 e. The van der Waals surface area contributed by atoms with E-state index in [0.29, 0.717) is 30.1 Å². The van der Waals surface area contributed by atoms with Crippen molar-refractivity contribution in [3.63, 3.8) is 0 Å². The average molecular weight is 346 g/mol. The third kappa shape index (κ3) is 3.41. The van der Waals surface area contributed by atoms with Gasteiger partial charge in [-0.2, -0.15) is 0 Å². The molecule has 0 amide bonds. The Labute approximate surface area is 129 Å². The predicted octanol–water partition coefficient (Wildman–Crippen LogP) is 4.09. The summed E-state index contributed by atoms with van der Waals surface area (Å²) in [6.45, 7) is 9.94. The van der Waals surface area contributed by atoms with E-state index in [0.717, 1.165) is 13.0 Å². The van der Waals surface area contributed by atoms with E-state index in [9.17, 15) is 0 Å². The molecule has 0 radical (unpaired) electrons. The quantitative estimate of drug-likeness (QED) is 0.867. The molecule has 1 aliphatic rings. The predicted molar refractivity (Wildman–Crippen MR) is 85.9 cm³/mol. The fraction of sp³-hybridized carbons (Fsp3) is 0.733. The first-order chi connectivity index (χ1) is 9.04. The first-order valence-corrected chi connectivity index (χ1v) is 8.82. The molecule has 1 aliphatic heterocycles. The van der Waals surface area contributed by atoms with E-state index in [4.69, 9.17) is 4.74 Å². The van der Waals surface area contributed by atoms with E-state index >= 15 is 0 Å². The molecule has 108 valence electrons. The summed E-state index contributed by atoms with van der Waals surface area (Å²) in [6.07, 6.45) is 1.79. The Morgan fingerprint density at radius 1 is 1.37 bits per heavy atom. The van der Waals surface area contributed by atoms with E-state index < -0.39 is 0 Å². The lowest BCUT2D eigenvalue weighted by molar-refractivity contribution is 0.0477. The first-order valence-electron chi connectivity index (χ1n) is 7.15. The Balaban J connectivity index is 2.13. The normalized spacial score (nSPS) is 32.7. The van der Waals surface area contributed by atoms with Gasteiger partial charge in [-0.05, 0) is 60.1 Å². The molecule has 19 heavy (non-hydrogen) atoms. The van der Waals surface area contributed by atoms with Crippen LogP contribution in [0.15, 0.2) is 15.9 Å². The van der Waals surface area contributed by atoms with Gasteiger partial charge < -0.3 is 10.1 Å². The molecule has 0 aromatic carbocycles. The van der Waals surface area contributed by atoms with E-state index in [2.05, 4.69) is 60.4 Å². The third-order valence-electron chi connectivity index (χ3n) is 4.35. The Morgan fingerprint density at radius 3 is 2.58 bits per heavy atom. The second-order valence-electron chi connectivity index (χ2n) is 5.54. The van der Waals surface area contributed by atoms with E-state index in [-0.39, 0.29) is 0 Å². The number of hydrogen-bond donors (Lipinski definition) is 1. The molecule has 1 saturated heterocycles. The monoisotopic (exact) mass is 345 g/mol. The van der Waals surface area contributed by atoms with Crippen LogP contribution in [0.2, 0.25) is 0 Å². The first kappa shape index (κ1) is 15.5. The van der Waals surface area contributed by atoms with Crippen molar-refractivity contribution in [3.8, 4) is 0 Å². The fourth-order valence-electron chi connectivity index (χ4n) is 3.26. The maximum absolute atomic E-state index is 6.01. The second kappa shape index (κ2) is 6.70. The van der Waals surface area contributed by atoms with Gasteiger partial charge >= 0.3 is 0 Å². The largest absolute Gasteiger partial charge is 0.375 e. The van der Waals surface area contributed by atoms with Crippen molar-refractivity contribution in [1.82, 2.24) is 5.32 Å².